The fourth-order valence-electron chi connectivity index (χ4n) is 1.39. The van der Waals surface area contributed by atoms with E-state index in [0.717, 1.165) is 0 Å². The van der Waals surface area contributed by atoms with Gasteiger partial charge in [-0.05, 0) is 37.1 Å². The fourth-order valence-corrected chi connectivity index (χ4v) is 1.74. The molecule has 8 heteroatoms. The van der Waals surface area contributed by atoms with Crippen molar-refractivity contribution in [3.63, 3.8) is 0 Å². The number of nitrogens with zero attached hydrogens (tertiary/aromatic N) is 1. The molecule has 102 valence electrons. The summed E-state index contributed by atoms with van der Waals surface area (Å²) in [5, 5.41) is 6.81. The van der Waals surface area contributed by atoms with Crippen molar-refractivity contribution in [3.8, 4) is 11.8 Å². The average Bonchev–Trinajstić information content (AvgIpc) is 2.30. The molecule has 1 unspecified atom stereocenters. The van der Waals surface area contributed by atoms with Crippen LogP contribution in [0.2, 0.25) is 0 Å². The van der Waals surface area contributed by atoms with Gasteiger partial charge in [0.25, 0.3) is 0 Å². The van der Waals surface area contributed by atoms with E-state index >= 15 is 0 Å². The second-order valence-electron chi connectivity index (χ2n) is 3.62. The van der Waals surface area contributed by atoms with Gasteiger partial charge in [0.2, 0.25) is 10.8 Å². The largest absolute Gasteiger partial charge is 0.482 e. The number of halogens is 3. The van der Waals surface area contributed by atoms with Crippen LogP contribution < -0.4 is 4.74 Å². The Hall–Kier alpha value is -1.88. The second kappa shape index (κ2) is 5.40. The van der Waals surface area contributed by atoms with E-state index in [4.69, 9.17) is 5.26 Å². The van der Waals surface area contributed by atoms with Crippen molar-refractivity contribution in [2.45, 2.75) is 19.4 Å². The van der Waals surface area contributed by atoms with E-state index in [-0.39, 0.29) is 11.3 Å². The summed E-state index contributed by atoms with van der Waals surface area (Å²) in [4.78, 5) is 11.1. The third kappa shape index (κ3) is 3.54. The second-order valence-corrected chi connectivity index (χ2v) is 4.95. The zero-order valence-corrected chi connectivity index (χ0v) is 10.7. The van der Waals surface area contributed by atoms with Gasteiger partial charge in [0.15, 0.2) is 0 Å². The number of hydrogen-bond acceptors (Lipinski definition) is 4. The van der Waals surface area contributed by atoms with Crippen molar-refractivity contribution < 1.29 is 26.9 Å². The maximum absolute atomic E-state index is 12.1. The molecule has 0 aromatic heterocycles. The Kier molecular flexibility index (Phi) is 4.32. The normalized spacial score (nSPS) is 12.6. The van der Waals surface area contributed by atoms with Gasteiger partial charge < -0.3 is 4.74 Å². The number of hydrogen-bond donors (Lipinski definition) is 0. The molecule has 0 aliphatic carbocycles. The lowest BCUT2D eigenvalue weighted by Gasteiger charge is -2.11. The molecule has 1 aromatic rings. The number of rotatable bonds is 1. The van der Waals surface area contributed by atoms with Gasteiger partial charge in [0.05, 0.1) is 11.6 Å². The monoisotopic (exact) mass is 291 g/mol. The molecule has 1 rings (SSSR count). The maximum atomic E-state index is 12.1. The molecule has 0 saturated heterocycles. The van der Waals surface area contributed by atoms with Gasteiger partial charge in [-0.25, -0.2) is 9.00 Å². The van der Waals surface area contributed by atoms with Gasteiger partial charge >= 0.3 is 10.8 Å². The van der Waals surface area contributed by atoms with Gasteiger partial charge in [-0.1, -0.05) is 0 Å². The van der Waals surface area contributed by atoms with Crippen LogP contribution in [0.3, 0.4) is 0 Å². The molecule has 0 amide bonds. The number of aryl methyl sites for hydroxylation is 2. The highest BCUT2D eigenvalue weighted by Gasteiger charge is 2.43. The molecule has 0 aliphatic rings. The third-order valence-electron chi connectivity index (χ3n) is 2.14. The number of alkyl halides is 3. The summed E-state index contributed by atoms with van der Waals surface area (Å²) in [6.45, 7) is 2.93. The molecule has 1 atom stereocenters. The molecule has 4 nitrogen and oxygen atoms in total. The van der Waals surface area contributed by atoms with Crippen LogP contribution in [0.5, 0.6) is 5.75 Å². The van der Waals surface area contributed by atoms with Crippen molar-refractivity contribution in [1.82, 2.24) is 0 Å². The Morgan fingerprint density at radius 3 is 2.16 bits per heavy atom. The molecule has 0 spiro atoms. The van der Waals surface area contributed by atoms with E-state index in [9.17, 15) is 22.2 Å². The standard InChI is InChI=1S/C11H8F3NO3S/c1-6-3-8(5-15)4-7(2)9(6)18-10(16)19(17)11(12,13)14/h3-4H,1-2H3. The minimum Gasteiger partial charge on any atom is -0.416 e. The Bertz CT molecular complexity index is 567. The quantitative estimate of drug-likeness (QED) is 0.746. The Labute approximate surface area is 109 Å². The van der Waals surface area contributed by atoms with E-state index in [2.05, 4.69) is 4.74 Å². The molecular weight excluding hydrogens is 283 g/mol. The van der Waals surface area contributed by atoms with Crippen LogP contribution in [0.4, 0.5) is 18.0 Å². The highest BCUT2D eigenvalue weighted by Crippen LogP contribution is 2.27. The topological polar surface area (TPSA) is 67.2 Å². The smallest absolute Gasteiger partial charge is 0.416 e. The van der Waals surface area contributed by atoms with Crippen molar-refractivity contribution in [1.29, 1.82) is 5.26 Å². The Morgan fingerprint density at radius 2 is 1.79 bits per heavy atom. The SMILES string of the molecule is Cc1cc(C#N)cc(C)c1OC(=O)S(=O)C(F)(F)F. The van der Waals surface area contributed by atoms with Crippen LogP contribution in [0.25, 0.3) is 0 Å². The van der Waals surface area contributed by atoms with E-state index in [1.807, 2.05) is 6.07 Å². The lowest BCUT2D eigenvalue weighted by molar-refractivity contribution is -0.0377. The highest BCUT2D eigenvalue weighted by atomic mass is 32.2. The van der Waals surface area contributed by atoms with Crippen LogP contribution in [-0.2, 0) is 10.8 Å². The summed E-state index contributed by atoms with van der Waals surface area (Å²) >= 11 is 0. The number of nitriles is 1. The lowest BCUT2D eigenvalue weighted by Crippen LogP contribution is -2.26. The van der Waals surface area contributed by atoms with E-state index in [1.165, 1.54) is 26.0 Å². The molecule has 0 heterocycles. The predicted octanol–water partition coefficient (Wildman–Crippen LogP) is 2.94. The number of benzene rings is 1. The zero-order chi connectivity index (χ0) is 14.8. The van der Waals surface area contributed by atoms with Crippen molar-refractivity contribution in [2.24, 2.45) is 0 Å². The highest BCUT2D eigenvalue weighted by molar-refractivity contribution is 8.00. The summed E-state index contributed by atoms with van der Waals surface area (Å²) in [6, 6.07) is 4.56. The molecule has 0 radical (unpaired) electrons. The van der Waals surface area contributed by atoms with E-state index < -0.39 is 21.6 Å². The first-order chi connectivity index (χ1) is 8.66. The van der Waals surface area contributed by atoms with Crippen LogP contribution in [0.15, 0.2) is 12.1 Å². The van der Waals surface area contributed by atoms with Crippen molar-refractivity contribution >= 4 is 16.1 Å². The van der Waals surface area contributed by atoms with Crippen LogP contribution in [0.1, 0.15) is 16.7 Å². The third-order valence-corrected chi connectivity index (χ3v) is 2.94. The first kappa shape index (κ1) is 15.2. The summed E-state index contributed by atoms with van der Waals surface area (Å²) < 4.78 is 51.5. The van der Waals surface area contributed by atoms with Gasteiger partial charge in [-0.2, -0.15) is 18.4 Å². The maximum Gasteiger partial charge on any atom is 0.482 e. The molecule has 0 aliphatic heterocycles. The summed E-state index contributed by atoms with van der Waals surface area (Å²) in [6.07, 6.45) is 0. The Morgan fingerprint density at radius 1 is 1.32 bits per heavy atom. The van der Waals surface area contributed by atoms with Gasteiger partial charge in [0.1, 0.15) is 5.75 Å². The van der Waals surface area contributed by atoms with Crippen LogP contribution >= 0.6 is 0 Å². The van der Waals surface area contributed by atoms with Crippen LogP contribution in [-0.4, -0.2) is 15.0 Å². The summed E-state index contributed by atoms with van der Waals surface area (Å²) in [5.41, 5.74) is -4.26. The Balaban J connectivity index is 3.05. The number of carbonyl (C=O) groups is 1. The average molecular weight is 291 g/mol. The first-order valence-electron chi connectivity index (χ1n) is 4.88. The van der Waals surface area contributed by atoms with Crippen molar-refractivity contribution in [3.05, 3.63) is 28.8 Å². The number of ether oxygens (including phenoxy) is 1. The van der Waals surface area contributed by atoms with E-state index in [0.29, 0.717) is 11.1 Å². The van der Waals surface area contributed by atoms with E-state index in [1.54, 1.807) is 0 Å². The summed E-state index contributed by atoms with van der Waals surface area (Å²) in [5.74, 6) is -0.124. The fraction of sp³-hybridized carbons (Fsp3) is 0.273. The summed E-state index contributed by atoms with van der Waals surface area (Å²) in [7, 11) is -3.73. The minimum atomic E-state index is -5.16. The van der Waals surface area contributed by atoms with Gasteiger partial charge in [0, 0.05) is 0 Å². The van der Waals surface area contributed by atoms with Gasteiger partial charge in [-0.3, -0.25) is 0 Å². The molecule has 0 bridgehead atoms. The number of carbonyl (C=O) groups excluding carboxylic acids is 1. The molecule has 0 saturated carbocycles. The van der Waals surface area contributed by atoms with Gasteiger partial charge in [-0.15, -0.1) is 0 Å². The molecule has 19 heavy (non-hydrogen) atoms. The molecular formula is C11H8F3NO3S. The minimum absolute atomic E-state index is 0.124. The zero-order valence-electron chi connectivity index (χ0n) is 9.87. The molecule has 0 fully saturated rings. The first-order valence-corrected chi connectivity index (χ1v) is 6.03. The predicted molar refractivity (Wildman–Crippen MR) is 60.9 cm³/mol. The van der Waals surface area contributed by atoms with Crippen LogP contribution in [0, 0.1) is 25.2 Å². The molecule has 1 aromatic carbocycles. The van der Waals surface area contributed by atoms with Crippen molar-refractivity contribution in [2.75, 3.05) is 0 Å². The lowest BCUT2D eigenvalue weighted by atomic mass is 10.1. The molecule has 0 N–H and O–H groups in total.